The molecule has 5 heteroatoms. The van der Waals surface area contributed by atoms with E-state index in [2.05, 4.69) is 34.5 Å². The van der Waals surface area contributed by atoms with Crippen LogP contribution in [0.2, 0.25) is 0 Å². The van der Waals surface area contributed by atoms with Gasteiger partial charge in [0, 0.05) is 37.9 Å². The average molecular weight is 303 g/mol. The van der Waals surface area contributed by atoms with Crippen LogP contribution in [0.3, 0.4) is 0 Å². The Morgan fingerprint density at radius 2 is 1.82 bits per heavy atom. The third kappa shape index (κ3) is 3.71. The van der Waals surface area contributed by atoms with Crippen LogP contribution in [0.1, 0.15) is 25.7 Å². The van der Waals surface area contributed by atoms with Crippen LogP contribution >= 0.6 is 0 Å². The molecule has 0 spiro atoms. The van der Waals surface area contributed by atoms with Crippen LogP contribution in [0.15, 0.2) is 30.3 Å². The SMILES string of the molecule is O=C(NC1CCCN(c2ccccc2)C1)N1CCC(O)CC1. The van der Waals surface area contributed by atoms with Gasteiger partial charge in [-0.1, -0.05) is 18.2 Å². The number of piperidine rings is 2. The lowest BCUT2D eigenvalue weighted by atomic mass is 10.0. The van der Waals surface area contributed by atoms with Crippen molar-refractivity contribution in [1.82, 2.24) is 10.2 Å². The van der Waals surface area contributed by atoms with Crippen LogP contribution in [-0.4, -0.2) is 54.4 Å². The Balaban J connectivity index is 1.53. The number of carbonyl (C=O) groups is 1. The number of hydrogen-bond donors (Lipinski definition) is 2. The Hall–Kier alpha value is -1.75. The molecule has 0 bridgehead atoms. The van der Waals surface area contributed by atoms with E-state index in [9.17, 15) is 9.90 Å². The summed E-state index contributed by atoms with van der Waals surface area (Å²) >= 11 is 0. The van der Waals surface area contributed by atoms with Gasteiger partial charge in [-0.2, -0.15) is 0 Å². The average Bonchev–Trinajstić information content (AvgIpc) is 2.56. The Kier molecular flexibility index (Phi) is 4.83. The van der Waals surface area contributed by atoms with Crippen LogP contribution in [-0.2, 0) is 0 Å². The summed E-state index contributed by atoms with van der Waals surface area (Å²) in [7, 11) is 0. The highest BCUT2D eigenvalue weighted by Crippen LogP contribution is 2.20. The van der Waals surface area contributed by atoms with Crippen molar-refractivity contribution >= 4 is 11.7 Å². The number of aliphatic hydroxyl groups is 1. The standard InChI is InChI=1S/C17H25N3O2/c21-16-8-11-19(12-9-16)17(22)18-14-5-4-10-20(13-14)15-6-2-1-3-7-15/h1-3,6-7,14,16,21H,4-5,8-13H2,(H,18,22). The van der Waals surface area contributed by atoms with E-state index in [1.807, 2.05) is 11.0 Å². The molecule has 2 heterocycles. The third-order valence-corrected chi connectivity index (χ3v) is 4.62. The third-order valence-electron chi connectivity index (χ3n) is 4.62. The smallest absolute Gasteiger partial charge is 0.317 e. The quantitative estimate of drug-likeness (QED) is 0.876. The molecule has 1 aromatic rings. The molecule has 1 aromatic carbocycles. The normalized spacial score (nSPS) is 23.4. The number of urea groups is 1. The summed E-state index contributed by atoms with van der Waals surface area (Å²) in [6, 6.07) is 10.6. The predicted molar refractivity (Wildman–Crippen MR) is 87.0 cm³/mol. The fraction of sp³-hybridized carbons (Fsp3) is 0.588. The lowest BCUT2D eigenvalue weighted by molar-refractivity contribution is 0.0926. The van der Waals surface area contributed by atoms with Gasteiger partial charge in [-0.15, -0.1) is 0 Å². The van der Waals surface area contributed by atoms with Crippen LogP contribution < -0.4 is 10.2 Å². The van der Waals surface area contributed by atoms with Gasteiger partial charge >= 0.3 is 6.03 Å². The molecule has 5 nitrogen and oxygen atoms in total. The number of nitrogens with zero attached hydrogens (tertiary/aromatic N) is 2. The second-order valence-corrected chi connectivity index (χ2v) is 6.29. The molecular formula is C17H25N3O2. The van der Waals surface area contributed by atoms with Gasteiger partial charge in [0.1, 0.15) is 0 Å². The van der Waals surface area contributed by atoms with Crippen molar-refractivity contribution in [2.45, 2.75) is 37.8 Å². The van der Waals surface area contributed by atoms with Crippen molar-refractivity contribution in [3.05, 3.63) is 30.3 Å². The molecule has 2 N–H and O–H groups in total. The van der Waals surface area contributed by atoms with Gasteiger partial charge in [-0.3, -0.25) is 0 Å². The van der Waals surface area contributed by atoms with Crippen molar-refractivity contribution in [3.63, 3.8) is 0 Å². The number of likely N-dealkylation sites (tertiary alicyclic amines) is 1. The van der Waals surface area contributed by atoms with E-state index >= 15 is 0 Å². The largest absolute Gasteiger partial charge is 0.393 e. The molecule has 2 aliphatic rings. The van der Waals surface area contributed by atoms with E-state index in [0.29, 0.717) is 25.9 Å². The molecule has 1 unspecified atom stereocenters. The molecule has 120 valence electrons. The summed E-state index contributed by atoms with van der Waals surface area (Å²) in [5.41, 5.74) is 1.22. The molecule has 0 aliphatic carbocycles. The van der Waals surface area contributed by atoms with E-state index < -0.39 is 0 Å². The summed E-state index contributed by atoms with van der Waals surface area (Å²) in [5, 5.41) is 12.7. The highest BCUT2D eigenvalue weighted by atomic mass is 16.3. The maximum atomic E-state index is 12.3. The number of amides is 2. The number of para-hydroxylation sites is 1. The number of rotatable bonds is 2. The van der Waals surface area contributed by atoms with Gasteiger partial charge in [-0.05, 0) is 37.8 Å². The fourth-order valence-electron chi connectivity index (χ4n) is 3.30. The van der Waals surface area contributed by atoms with Crippen molar-refractivity contribution in [3.8, 4) is 0 Å². The molecule has 1 atom stereocenters. The first-order valence-electron chi connectivity index (χ1n) is 8.26. The fourth-order valence-corrected chi connectivity index (χ4v) is 3.30. The number of aliphatic hydroxyl groups excluding tert-OH is 1. The molecule has 0 aromatic heterocycles. The number of benzene rings is 1. The number of nitrogens with one attached hydrogen (secondary N) is 1. The molecule has 2 saturated heterocycles. The highest BCUT2D eigenvalue weighted by molar-refractivity contribution is 5.74. The highest BCUT2D eigenvalue weighted by Gasteiger charge is 2.26. The molecule has 22 heavy (non-hydrogen) atoms. The number of carbonyl (C=O) groups excluding carboxylic acids is 1. The monoisotopic (exact) mass is 303 g/mol. The predicted octanol–water partition coefficient (Wildman–Crippen LogP) is 1.82. The van der Waals surface area contributed by atoms with Crippen molar-refractivity contribution in [2.24, 2.45) is 0 Å². The topological polar surface area (TPSA) is 55.8 Å². The summed E-state index contributed by atoms with van der Waals surface area (Å²) in [6.07, 6.45) is 3.26. The first-order chi connectivity index (χ1) is 10.7. The lowest BCUT2D eigenvalue weighted by Gasteiger charge is -2.37. The second-order valence-electron chi connectivity index (χ2n) is 6.29. The van der Waals surface area contributed by atoms with Crippen molar-refractivity contribution in [2.75, 3.05) is 31.1 Å². The van der Waals surface area contributed by atoms with Crippen LogP contribution in [0.4, 0.5) is 10.5 Å². The van der Waals surface area contributed by atoms with Gasteiger partial charge < -0.3 is 20.2 Å². The van der Waals surface area contributed by atoms with E-state index in [4.69, 9.17) is 0 Å². The minimum atomic E-state index is -0.243. The van der Waals surface area contributed by atoms with Gasteiger partial charge in [0.05, 0.1) is 6.10 Å². The Labute approximate surface area is 131 Å². The summed E-state index contributed by atoms with van der Waals surface area (Å²) in [4.78, 5) is 16.5. The molecule has 3 rings (SSSR count). The molecule has 0 saturated carbocycles. The van der Waals surface area contributed by atoms with Crippen LogP contribution in [0.25, 0.3) is 0 Å². The first-order valence-corrected chi connectivity index (χ1v) is 8.26. The number of anilines is 1. The molecule has 2 amide bonds. The maximum absolute atomic E-state index is 12.3. The summed E-state index contributed by atoms with van der Waals surface area (Å²) < 4.78 is 0. The molecular weight excluding hydrogens is 278 g/mol. The second kappa shape index (κ2) is 7.01. The Bertz CT molecular complexity index is 486. The Morgan fingerprint density at radius 3 is 2.55 bits per heavy atom. The van der Waals surface area contributed by atoms with E-state index in [0.717, 1.165) is 25.9 Å². The zero-order chi connectivity index (χ0) is 15.4. The van der Waals surface area contributed by atoms with E-state index in [-0.39, 0.29) is 18.2 Å². The minimum absolute atomic E-state index is 0.0202. The summed E-state index contributed by atoms with van der Waals surface area (Å²) in [5.74, 6) is 0. The van der Waals surface area contributed by atoms with Crippen LogP contribution in [0.5, 0.6) is 0 Å². The number of hydrogen-bond acceptors (Lipinski definition) is 3. The maximum Gasteiger partial charge on any atom is 0.317 e. The van der Waals surface area contributed by atoms with Gasteiger partial charge in [0.15, 0.2) is 0 Å². The van der Waals surface area contributed by atoms with Gasteiger partial charge in [0.25, 0.3) is 0 Å². The lowest BCUT2D eigenvalue weighted by Crippen LogP contribution is -2.53. The molecule has 0 radical (unpaired) electrons. The van der Waals surface area contributed by atoms with Crippen molar-refractivity contribution < 1.29 is 9.90 Å². The Morgan fingerprint density at radius 1 is 1.09 bits per heavy atom. The van der Waals surface area contributed by atoms with E-state index in [1.54, 1.807) is 0 Å². The van der Waals surface area contributed by atoms with E-state index in [1.165, 1.54) is 5.69 Å². The van der Waals surface area contributed by atoms with Gasteiger partial charge in [0.2, 0.25) is 0 Å². The van der Waals surface area contributed by atoms with Crippen LogP contribution in [0, 0.1) is 0 Å². The zero-order valence-corrected chi connectivity index (χ0v) is 12.9. The summed E-state index contributed by atoms with van der Waals surface area (Å²) in [6.45, 7) is 3.22. The first kappa shape index (κ1) is 15.2. The zero-order valence-electron chi connectivity index (χ0n) is 12.9. The molecule has 2 fully saturated rings. The van der Waals surface area contributed by atoms with Crippen molar-refractivity contribution in [1.29, 1.82) is 0 Å². The molecule has 2 aliphatic heterocycles. The van der Waals surface area contributed by atoms with Gasteiger partial charge in [-0.25, -0.2) is 4.79 Å². The minimum Gasteiger partial charge on any atom is -0.393 e.